The number of tetrazole rings is 1. The monoisotopic (exact) mass is 379 g/mol. The largest absolute Gasteiger partial charge is 1.00 e. The molecule has 26 heavy (non-hydrogen) atoms. The van der Waals surface area contributed by atoms with Crippen LogP contribution in [0.1, 0.15) is 19.9 Å². The zero-order chi connectivity index (χ0) is 18.6. The van der Waals surface area contributed by atoms with E-state index in [-0.39, 0.29) is 35.5 Å². The molecule has 11 nitrogen and oxygen atoms in total. The van der Waals surface area contributed by atoms with Gasteiger partial charge in [-0.2, -0.15) is 0 Å². The molecule has 0 saturated carbocycles. The molecule has 2 rings (SSSR count). The van der Waals surface area contributed by atoms with Gasteiger partial charge in [-0.1, -0.05) is 13.8 Å². The van der Waals surface area contributed by atoms with Crippen LogP contribution in [-0.2, 0) is 9.53 Å². The average Bonchev–Trinajstić information content (AvgIpc) is 3.12. The molecule has 0 aliphatic carbocycles. The summed E-state index contributed by atoms with van der Waals surface area (Å²) in [5.74, 6) is -1.82. The van der Waals surface area contributed by atoms with Gasteiger partial charge in [0, 0.05) is 0 Å². The first kappa shape index (κ1) is 23.0. The van der Waals surface area contributed by atoms with Crippen LogP contribution in [0.2, 0.25) is 0 Å². The Morgan fingerprint density at radius 1 is 1.46 bits per heavy atom. The smallest absolute Gasteiger partial charge is 0.542 e. The maximum atomic E-state index is 11.3. The Bertz CT molecular complexity index is 599. The fourth-order valence-electron chi connectivity index (χ4n) is 2.59. The van der Waals surface area contributed by atoms with E-state index in [9.17, 15) is 20.1 Å². The maximum absolute atomic E-state index is 11.3. The van der Waals surface area contributed by atoms with Crippen molar-refractivity contribution in [3.8, 4) is 0 Å². The van der Waals surface area contributed by atoms with Crippen LogP contribution in [0.4, 0.5) is 0 Å². The van der Waals surface area contributed by atoms with E-state index in [0.29, 0.717) is 6.54 Å². The Morgan fingerprint density at radius 3 is 2.65 bits per heavy atom. The van der Waals surface area contributed by atoms with Crippen LogP contribution in [0.25, 0.3) is 0 Å². The summed E-state index contributed by atoms with van der Waals surface area (Å²) >= 11 is 0. The molecule has 0 spiro atoms. The molecule has 0 fully saturated rings. The van der Waals surface area contributed by atoms with Gasteiger partial charge in [-0.05, 0) is 29.0 Å². The summed E-state index contributed by atoms with van der Waals surface area (Å²) in [6, 6.07) is -1.37. The fourth-order valence-corrected chi connectivity index (χ4v) is 2.59. The van der Waals surface area contributed by atoms with Crippen LogP contribution in [0, 0.1) is 5.92 Å². The maximum Gasteiger partial charge on any atom is 1.00 e. The second-order valence-corrected chi connectivity index (χ2v) is 6.25. The second-order valence-electron chi connectivity index (χ2n) is 6.25. The van der Waals surface area contributed by atoms with Gasteiger partial charge in [0.25, 0.3) is 0 Å². The summed E-state index contributed by atoms with van der Waals surface area (Å²) in [5.41, 5.74) is 0. The van der Waals surface area contributed by atoms with Crippen molar-refractivity contribution in [3.63, 3.8) is 0 Å². The Balaban J connectivity index is 0.00000338. The number of carboxylic acids is 1. The Hall–Kier alpha value is -1.08. The topological polar surface area (TPSA) is 166 Å². The molecule has 1 aliphatic rings. The zero-order valence-electron chi connectivity index (χ0n) is 14.9. The summed E-state index contributed by atoms with van der Waals surface area (Å²) in [4.78, 5) is 11.3. The molecule has 0 radical (unpaired) electrons. The minimum absolute atomic E-state index is 0. The number of aliphatic hydroxyl groups is 3. The van der Waals surface area contributed by atoms with Crippen molar-refractivity contribution >= 4 is 5.97 Å². The molecule has 1 aromatic rings. The number of carbonyl (C=O) groups excluding carboxylic acids is 1. The Morgan fingerprint density at radius 2 is 2.15 bits per heavy atom. The number of aliphatic hydroxyl groups excluding tert-OH is 3. The molecule has 0 saturated heterocycles. The molecule has 0 aromatic carbocycles. The zero-order valence-corrected chi connectivity index (χ0v) is 16.9. The predicted molar refractivity (Wildman–Crippen MR) is 80.5 cm³/mol. The molecule has 0 amide bonds. The van der Waals surface area contributed by atoms with Crippen LogP contribution in [0.15, 0.2) is 18.2 Å². The molecular formula is C14H22N5NaO6. The van der Waals surface area contributed by atoms with Crippen molar-refractivity contribution in [2.75, 3.05) is 13.2 Å². The number of carbonyl (C=O) groups is 1. The van der Waals surface area contributed by atoms with E-state index in [1.807, 2.05) is 13.8 Å². The SMILES string of the molecule is CC(C)CN[C@H]1[C@H]([C@H](O)[C@H](O)CO)OC(C(=O)[O-])=C[C@@H]1n1cnnn1.[Na+]. The number of aromatic nitrogens is 4. The van der Waals surface area contributed by atoms with Gasteiger partial charge in [0.2, 0.25) is 0 Å². The molecular weight excluding hydrogens is 357 g/mol. The van der Waals surface area contributed by atoms with Crippen molar-refractivity contribution in [1.29, 1.82) is 0 Å². The van der Waals surface area contributed by atoms with Crippen molar-refractivity contribution in [3.05, 3.63) is 18.2 Å². The van der Waals surface area contributed by atoms with Crippen LogP contribution in [0.5, 0.6) is 0 Å². The normalized spacial score (nSPS) is 25.0. The van der Waals surface area contributed by atoms with Crippen LogP contribution >= 0.6 is 0 Å². The first-order valence-corrected chi connectivity index (χ1v) is 7.87. The van der Waals surface area contributed by atoms with E-state index in [4.69, 9.17) is 9.84 Å². The molecule has 0 unspecified atom stereocenters. The van der Waals surface area contributed by atoms with Gasteiger partial charge in [0.15, 0.2) is 0 Å². The number of aliphatic carboxylic acids is 1. The first-order valence-electron chi connectivity index (χ1n) is 7.87. The van der Waals surface area contributed by atoms with Gasteiger partial charge in [-0.3, -0.25) is 0 Å². The minimum Gasteiger partial charge on any atom is -0.542 e. The van der Waals surface area contributed by atoms with Crippen LogP contribution in [0.3, 0.4) is 0 Å². The second kappa shape index (κ2) is 10.3. The molecule has 1 aliphatic heterocycles. The van der Waals surface area contributed by atoms with Crippen molar-refractivity contribution in [1.82, 2.24) is 25.5 Å². The number of nitrogens with one attached hydrogen (secondary N) is 1. The standard InChI is InChI=1S/C14H23N5O6.Na/c1-7(2)4-15-11-8(19-6-16-17-18-19)3-10(14(23)24)25-13(11)12(22)9(21)5-20;/h3,6-9,11-13,15,20-22H,4-5H2,1-2H3,(H,23,24);/q;+1/p-1/t8-,9+,11+,12+,13+;/m0./s1. The fraction of sp³-hybridized carbons (Fsp3) is 0.714. The molecule has 0 bridgehead atoms. The van der Waals surface area contributed by atoms with Gasteiger partial charge < -0.3 is 35.3 Å². The van der Waals surface area contributed by atoms with Gasteiger partial charge in [0.05, 0.1) is 18.7 Å². The van der Waals surface area contributed by atoms with Crippen molar-refractivity contribution in [2.45, 2.75) is 44.2 Å². The van der Waals surface area contributed by atoms with E-state index < -0.39 is 48.7 Å². The van der Waals surface area contributed by atoms with Crippen molar-refractivity contribution < 1.29 is 59.5 Å². The number of carboxylic acid groups (broad SMARTS) is 1. The average molecular weight is 379 g/mol. The number of nitrogens with zero attached hydrogens (tertiary/aromatic N) is 4. The molecule has 140 valence electrons. The first-order chi connectivity index (χ1) is 11.8. The predicted octanol–water partition coefficient (Wildman–Crippen LogP) is -6.42. The number of hydrogen-bond acceptors (Lipinski definition) is 10. The van der Waals surface area contributed by atoms with E-state index >= 15 is 0 Å². The summed E-state index contributed by atoms with van der Waals surface area (Å²) < 4.78 is 6.65. The molecule has 5 atom stereocenters. The Kier molecular flexibility index (Phi) is 9.10. The third-order valence-electron chi connectivity index (χ3n) is 3.86. The molecule has 12 heteroatoms. The van der Waals surface area contributed by atoms with Crippen LogP contribution < -0.4 is 40.0 Å². The number of ether oxygens (including phenoxy) is 1. The summed E-state index contributed by atoms with van der Waals surface area (Å²) in [6.45, 7) is 3.76. The third kappa shape index (κ3) is 5.46. The minimum atomic E-state index is -1.57. The van der Waals surface area contributed by atoms with Crippen molar-refractivity contribution in [2.24, 2.45) is 5.92 Å². The number of rotatable bonds is 8. The third-order valence-corrected chi connectivity index (χ3v) is 3.86. The quantitative estimate of drug-likeness (QED) is 0.319. The van der Waals surface area contributed by atoms with Gasteiger partial charge in [0.1, 0.15) is 36.4 Å². The summed E-state index contributed by atoms with van der Waals surface area (Å²) in [7, 11) is 0. The summed E-state index contributed by atoms with van der Waals surface area (Å²) in [6.07, 6.45) is -1.65. The van der Waals surface area contributed by atoms with Gasteiger partial charge >= 0.3 is 29.6 Å². The van der Waals surface area contributed by atoms with Gasteiger partial charge in [-0.25, -0.2) is 4.68 Å². The molecule has 4 N–H and O–H groups in total. The van der Waals surface area contributed by atoms with E-state index in [2.05, 4.69) is 20.8 Å². The van der Waals surface area contributed by atoms with E-state index in [1.54, 1.807) is 0 Å². The summed E-state index contributed by atoms with van der Waals surface area (Å²) in [5, 5.41) is 54.5. The molecule has 1 aromatic heterocycles. The van der Waals surface area contributed by atoms with E-state index in [1.165, 1.54) is 17.1 Å². The number of hydrogen-bond donors (Lipinski definition) is 4. The van der Waals surface area contributed by atoms with Crippen LogP contribution in [-0.4, -0.2) is 79.0 Å². The molecule has 2 heterocycles. The van der Waals surface area contributed by atoms with E-state index in [0.717, 1.165) is 0 Å². The van der Waals surface area contributed by atoms with Gasteiger partial charge in [-0.15, -0.1) is 5.10 Å². The Labute approximate surface area is 172 Å².